The second kappa shape index (κ2) is 9.47. The van der Waals surface area contributed by atoms with Crippen molar-refractivity contribution in [3.63, 3.8) is 0 Å². The van der Waals surface area contributed by atoms with Crippen LogP contribution in [0.3, 0.4) is 0 Å². The number of rotatable bonds is 7. The number of methoxy groups -OCH3 is 1. The molecule has 0 spiro atoms. The zero-order chi connectivity index (χ0) is 19.2. The van der Waals surface area contributed by atoms with Gasteiger partial charge in [0.1, 0.15) is 0 Å². The third kappa shape index (κ3) is 6.69. The summed E-state index contributed by atoms with van der Waals surface area (Å²) in [6, 6.07) is 4.17. The van der Waals surface area contributed by atoms with Crippen molar-refractivity contribution in [3.05, 3.63) is 22.7 Å². The summed E-state index contributed by atoms with van der Waals surface area (Å²) in [5.74, 6) is 0.875. The monoisotopic (exact) mass is 382 g/mol. The van der Waals surface area contributed by atoms with Crippen molar-refractivity contribution >= 4 is 17.5 Å². The Kier molecular flexibility index (Phi) is 7.59. The Morgan fingerprint density at radius 3 is 2.50 bits per heavy atom. The van der Waals surface area contributed by atoms with Crippen molar-refractivity contribution in [3.8, 4) is 11.5 Å². The van der Waals surface area contributed by atoms with Gasteiger partial charge in [0.2, 0.25) is 0 Å². The summed E-state index contributed by atoms with van der Waals surface area (Å²) < 4.78 is 11.0. The van der Waals surface area contributed by atoms with Gasteiger partial charge in [0.15, 0.2) is 18.1 Å². The van der Waals surface area contributed by atoms with Crippen molar-refractivity contribution in [2.75, 3.05) is 13.7 Å². The lowest BCUT2D eigenvalue weighted by molar-refractivity contribution is -0.124. The van der Waals surface area contributed by atoms with Crippen LogP contribution < -0.4 is 20.1 Å². The van der Waals surface area contributed by atoms with Crippen LogP contribution in [-0.4, -0.2) is 31.2 Å². The first-order chi connectivity index (χ1) is 12.3. The van der Waals surface area contributed by atoms with E-state index in [2.05, 4.69) is 10.6 Å². The van der Waals surface area contributed by atoms with Crippen LogP contribution in [0.2, 0.25) is 5.02 Å². The molecule has 0 aliphatic heterocycles. The summed E-state index contributed by atoms with van der Waals surface area (Å²) in [7, 11) is 1.59. The van der Waals surface area contributed by atoms with Crippen molar-refractivity contribution < 1.29 is 14.3 Å². The first-order valence-electron chi connectivity index (χ1n) is 9.32. The molecule has 0 radical (unpaired) electrons. The van der Waals surface area contributed by atoms with E-state index in [-0.39, 0.29) is 18.1 Å². The van der Waals surface area contributed by atoms with E-state index < -0.39 is 0 Å². The molecule has 0 saturated heterocycles. The summed E-state index contributed by atoms with van der Waals surface area (Å²) in [5, 5.41) is 7.05. The molecule has 146 valence electrons. The first kappa shape index (κ1) is 20.8. The highest BCUT2D eigenvalue weighted by atomic mass is 35.5. The fourth-order valence-electron chi connectivity index (χ4n) is 3.14. The molecule has 1 aliphatic carbocycles. The normalized spacial score (nSPS) is 15.6. The third-order valence-corrected chi connectivity index (χ3v) is 4.74. The van der Waals surface area contributed by atoms with Gasteiger partial charge in [-0.3, -0.25) is 4.79 Å². The highest BCUT2D eigenvalue weighted by Gasteiger charge is 2.17. The van der Waals surface area contributed by atoms with Gasteiger partial charge in [0.25, 0.3) is 5.91 Å². The molecule has 5 nitrogen and oxygen atoms in total. The van der Waals surface area contributed by atoms with E-state index in [1.54, 1.807) is 13.2 Å². The second-order valence-electron chi connectivity index (χ2n) is 7.90. The number of ether oxygens (including phenoxy) is 2. The fraction of sp³-hybridized carbons (Fsp3) is 0.650. The molecular weight excluding hydrogens is 352 g/mol. The average Bonchev–Trinajstić information content (AvgIpc) is 2.58. The molecule has 0 bridgehead atoms. The summed E-state index contributed by atoms with van der Waals surface area (Å²) in [5.41, 5.74) is 0.678. The van der Waals surface area contributed by atoms with Crippen LogP contribution in [0.1, 0.15) is 58.4 Å². The summed E-state index contributed by atoms with van der Waals surface area (Å²) in [4.78, 5) is 11.9. The van der Waals surface area contributed by atoms with E-state index in [1.807, 2.05) is 26.8 Å². The fourth-order valence-corrected chi connectivity index (χ4v) is 3.36. The van der Waals surface area contributed by atoms with Gasteiger partial charge < -0.3 is 20.1 Å². The molecule has 26 heavy (non-hydrogen) atoms. The molecule has 0 heterocycles. The van der Waals surface area contributed by atoms with Gasteiger partial charge in [-0.25, -0.2) is 0 Å². The van der Waals surface area contributed by atoms with Gasteiger partial charge in [0, 0.05) is 29.2 Å². The molecule has 2 N–H and O–H groups in total. The third-order valence-electron chi connectivity index (χ3n) is 4.39. The number of amides is 1. The quantitative estimate of drug-likeness (QED) is 0.746. The van der Waals surface area contributed by atoms with Crippen LogP contribution in [-0.2, 0) is 11.3 Å². The van der Waals surface area contributed by atoms with Crippen LogP contribution >= 0.6 is 11.6 Å². The van der Waals surface area contributed by atoms with Crippen LogP contribution in [0.5, 0.6) is 11.5 Å². The largest absolute Gasteiger partial charge is 0.493 e. The van der Waals surface area contributed by atoms with Crippen molar-refractivity contribution in [1.82, 2.24) is 10.6 Å². The van der Waals surface area contributed by atoms with E-state index >= 15 is 0 Å². The van der Waals surface area contributed by atoms with Crippen molar-refractivity contribution in [1.29, 1.82) is 0 Å². The van der Waals surface area contributed by atoms with Crippen LogP contribution in [0.25, 0.3) is 0 Å². The standard InChI is InChI=1S/C20H31ClN2O3/c1-20(2,3)23-19(24)13-26-18-11-16(21)14(10-17(18)25-4)12-22-15-8-6-5-7-9-15/h10-11,15,22H,5-9,12-13H2,1-4H3,(H,23,24). The Morgan fingerprint density at radius 2 is 1.88 bits per heavy atom. The van der Waals surface area contributed by atoms with E-state index in [1.165, 1.54) is 32.1 Å². The molecular formula is C20H31ClN2O3. The van der Waals surface area contributed by atoms with Crippen molar-refractivity contribution in [2.45, 2.75) is 71.0 Å². The zero-order valence-corrected chi connectivity index (χ0v) is 17.0. The second-order valence-corrected chi connectivity index (χ2v) is 8.30. The SMILES string of the molecule is COc1cc(CNC2CCCCC2)c(Cl)cc1OCC(=O)NC(C)(C)C. The minimum absolute atomic E-state index is 0.0797. The topological polar surface area (TPSA) is 59.6 Å². The van der Waals surface area contributed by atoms with Crippen molar-refractivity contribution in [2.24, 2.45) is 0 Å². The Morgan fingerprint density at radius 1 is 1.19 bits per heavy atom. The lowest BCUT2D eigenvalue weighted by atomic mass is 9.95. The van der Waals surface area contributed by atoms with E-state index in [0.717, 1.165) is 5.56 Å². The molecule has 1 saturated carbocycles. The maximum atomic E-state index is 11.9. The predicted molar refractivity (Wildman–Crippen MR) is 105 cm³/mol. The lowest BCUT2D eigenvalue weighted by Crippen LogP contribution is -2.43. The number of hydrogen-bond donors (Lipinski definition) is 2. The summed E-state index contributed by atoms with van der Waals surface area (Å²) in [6.07, 6.45) is 6.36. The van der Waals surface area contributed by atoms with E-state index in [4.69, 9.17) is 21.1 Å². The number of benzene rings is 1. The molecule has 0 aromatic heterocycles. The number of carbonyl (C=O) groups excluding carboxylic acids is 1. The molecule has 0 unspecified atom stereocenters. The van der Waals surface area contributed by atoms with Gasteiger partial charge in [-0.15, -0.1) is 0 Å². The molecule has 1 aromatic rings. The molecule has 1 amide bonds. The first-order valence-corrected chi connectivity index (χ1v) is 9.70. The Bertz CT molecular complexity index is 608. The number of hydrogen-bond acceptors (Lipinski definition) is 4. The van der Waals surface area contributed by atoms with Gasteiger partial charge in [-0.2, -0.15) is 0 Å². The van der Waals surface area contributed by atoms with Crippen LogP contribution in [0.15, 0.2) is 12.1 Å². The highest BCUT2D eigenvalue weighted by Crippen LogP contribution is 2.33. The maximum absolute atomic E-state index is 11.9. The van der Waals surface area contributed by atoms with E-state index in [9.17, 15) is 4.79 Å². The molecule has 6 heteroatoms. The number of nitrogens with one attached hydrogen (secondary N) is 2. The Labute approximate surface area is 161 Å². The van der Waals surface area contributed by atoms with E-state index in [0.29, 0.717) is 29.1 Å². The van der Waals surface area contributed by atoms with Gasteiger partial charge in [0.05, 0.1) is 7.11 Å². The Balaban J connectivity index is 1.97. The molecule has 1 aliphatic rings. The van der Waals surface area contributed by atoms with Gasteiger partial charge in [-0.05, 0) is 45.2 Å². The minimum atomic E-state index is -0.295. The Hall–Kier alpha value is -1.46. The molecule has 0 atom stereocenters. The highest BCUT2D eigenvalue weighted by molar-refractivity contribution is 6.31. The molecule has 1 fully saturated rings. The minimum Gasteiger partial charge on any atom is -0.493 e. The smallest absolute Gasteiger partial charge is 0.258 e. The molecule has 2 rings (SSSR count). The molecule has 1 aromatic carbocycles. The summed E-state index contributed by atoms with van der Waals surface area (Å²) >= 11 is 6.42. The van der Waals surface area contributed by atoms with Crippen LogP contribution in [0, 0.1) is 0 Å². The summed E-state index contributed by atoms with van der Waals surface area (Å²) in [6.45, 7) is 6.40. The maximum Gasteiger partial charge on any atom is 0.258 e. The van der Waals surface area contributed by atoms with Gasteiger partial charge in [-0.1, -0.05) is 30.9 Å². The van der Waals surface area contributed by atoms with Crippen LogP contribution in [0.4, 0.5) is 0 Å². The zero-order valence-electron chi connectivity index (χ0n) is 16.3. The predicted octanol–water partition coefficient (Wildman–Crippen LogP) is 4.06. The average molecular weight is 383 g/mol. The number of halogens is 1. The number of carbonyl (C=O) groups is 1. The van der Waals surface area contributed by atoms with Gasteiger partial charge >= 0.3 is 0 Å². The lowest BCUT2D eigenvalue weighted by Gasteiger charge is -2.23.